The number of nitrogens with one attached hydrogen (secondary N) is 2. The van der Waals surface area contributed by atoms with Crippen LogP contribution in [0.1, 0.15) is 16.8 Å². The Kier molecular flexibility index (Phi) is 2.94. The standard InChI is InChI=1S/C15H14N4O3S/c1-9-4-10-7-19(8-11(10)6-16-9)23(21,22)12-2-3-13-14(5-12)18-15(20)17-13/h2-6H,7-8H2,1H3,(H2,17,18,20). The summed E-state index contributed by atoms with van der Waals surface area (Å²) in [6.45, 7) is 2.53. The van der Waals surface area contributed by atoms with Gasteiger partial charge < -0.3 is 9.97 Å². The lowest BCUT2D eigenvalue weighted by molar-refractivity contribution is 0.431. The summed E-state index contributed by atoms with van der Waals surface area (Å²) >= 11 is 0. The smallest absolute Gasteiger partial charge is 0.306 e. The van der Waals surface area contributed by atoms with E-state index in [0.29, 0.717) is 24.1 Å². The molecule has 0 atom stereocenters. The van der Waals surface area contributed by atoms with Gasteiger partial charge in [-0.25, -0.2) is 13.2 Å². The van der Waals surface area contributed by atoms with E-state index in [9.17, 15) is 13.2 Å². The molecule has 118 valence electrons. The number of aryl methyl sites for hydroxylation is 1. The number of imidazole rings is 1. The zero-order valence-electron chi connectivity index (χ0n) is 12.3. The van der Waals surface area contributed by atoms with Crippen molar-refractivity contribution in [3.05, 3.63) is 57.8 Å². The Bertz CT molecular complexity index is 1080. The third-order valence-corrected chi connectivity index (χ3v) is 5.83. The van der Waals surface area contributed by atoms with Gasteiger partial charge in [-0.15, -0.1) is 0 Å². The molecule has 0 bridgehead atoms. The summed E-state index contributed by atoms with van der Waals surface area (Å²) in [6, 6.07) is 6.50. The minimum Gasteiger partial charge on any atom is -0.306 e. The van der Waals surface area contributed by atoms with E-state index in [-0.39, 0.29) is 10.6 Å². The fourth-order valence-corrected chi connectivity index (χ4v) is 4.28. The van der Waals surface area contributed by atoms with Crippen LogP contribution < -0.4 is 5.69 Å². The molecule has 0 saturated carbocycles. The minimum atomic E-state index is -3.63. The summed E-state index contributed by atoms with van der Waals surface area (Å²) in [7, 11) is -3.63. The summed E-state index contributed by atoms with van der Waals surface area (Å²) < 4.78 is 27.1. The second-order valence-electron chi connectivity index (χ2n) is 5.65. The van der Waals surface area contributed by atoms with Crippen molar-refractivity contribution in [2.24, 2.45) is 0 Å². The molecular weight excluding hydrogens is 316 g/mol. The number of benzene rings is 1. The summed E-state index contributed by atoms with van der Waals surface area (Å²) in [5.41, 5.74) is 3.48. The average Bonchev–Trinajstić information content (AvgIpc) is 3.08. The molecule has 4 rings (SSSR count). The van der Waals surface area contributed by atoms with Gasteiger partial charge in [0.2, 0.25) is 10.0 Å². The summed E-state index contributed by atoms with van der Waals surface area (Å²) in [5.74, 6) is 0. The normalized spacial score (nSPS) is 15.2. The number of hydrogen-bond donors (Lipinski definition) is 2. The molecule has 0 radical (unpaired) electrons. The number of rotatable bonds is 2. The van der Waals surface area contributed by atoms with E-state index < -0.39 is 10.0 Å². The molecule has 2 aromatic heterocycles. The van der Waals surface area contributed by atoms with E-state index in [1.807, 2.05) is 13.0 Å². The number of aromatic amines is 2. The van der Waals surface area contributed by atoms with Crippen LogP contribution in [0, 0.1) is 6.92 Å². The third kappa shape index (κ3) is 2.27. The fraction of sp³-hybridized carbons (Fsp3) is 0.200. The van der Waals surface area contributed by atoms with Crippen LogP contribution in [0.4, 0.5) is 0 Å². The summed E-state index contributed by atoms with van der Waals surface area (Å²) in [4.78, 5) is 20.9. The van der Waals surface area contributed by atoms with E-state index in [1.165, 1.54) is 16.4 Å². The van der Waals surface area contributed by atoms with Gasteiger partial charge in [0.25, 0.3) is 0 Å². The van der Waals surface area contributed by atoms with Crippen molar-refractivity contribution in [3.8, 4) is 0 Å². The Morgan fingerprint density at radius 2 is 1.83 bits per heavy atom. The van der Waals surface area contributed by atoms with Crippen LogP contribution in [-0.2, 0) is 23.1 Å². The number of aromatic nitrogens is 3. The van der Waals surface area contributed by atoms with Crippen LogP contribution in [0.15, 0.2) is 40.2 Å². The average molecular weight is 330 g/mol. The Morgan fingerprint density at radius 3 is 2.65 bits per heavy atom. The van der Waals surface area contributed by atoms with Crippen molar-refractivity contribution in [2.75, 3.05) is 0 Å². The molecule has 7 nitrogen and oxygen atoms in total. The predicted molar refractivity (Wildman–Crippen MR) is 84.3 cm³/mol. The molecule has 0 saturated heterocycles. The van der Waals surface area contributed by atoms with Crippen LogP contribution in [-0.4, -0.2) is 27.7 Å². The van der Waals surface area contributed by atoms with Gasteiger partial charge in [-0.3, -0.25) is 4.98 Å². The summed E-state index contributed by atoms with van der Waals surface area (Å²) in [5, 5.41) is 0. The SMILES string of the molecule is Cc1cc2c(cn1)CN(S(=O)(=O)c1ccc3[nH]c(=O)[nH]c3c1)C2. The molecule has 3 aromatic rings. The maximum Gasteiger partial charge on any atom is 0.323 e. The largest absolute Gasteiger partial charge is 0.323 e. The Balaban J connectivity index is 1.74. The second-order valence-corrected chi connectivity index (χ2v) is 7.59. The van der Waals surface area contributed by atoms with Crippen LogP contribution >= 0.6 is 0 Å². The van der Waals surface area contributed by atoms with Crippen LogP contribution in [0.5, 0.6) is 0 Å². The molecule has 0 spiro atoms. The molecule has 1 aliphatic heterocycles. The lowest BCUT2D eigenvalue weighted by Crippen LogP contribution is -2.25. The highest BCUT2D eigenvalue weighted by Gasteiger charge is 2.31. The van der Waals surface area contributed by atoms with Gasteiger partial charge in [-0.2, -0.15) is 4.31 Å². The first kappa shape index (κ1) is 14.2. The highest BCUT2D eigenvalue weighted by atomic mass is 32.2. The van der Waals surface area contributed by atoms with E-state index >= 15 is 0 Å². The Labute approximate surface area is 132 Å². The number of nitrogens with zero attached hydrogens (tertiary/aromatic N) is 2. The van der Waals surface area contributed by atoms with Gasteiger partial charge in [-0.05, 0) is 42.3 Å². The monoisotopic (exact) mass is 330 g/mol. The van der Waals surface area contributed by atoms with Gasteiger partial charge >= 0.3 is 5.69 Å². The Morgan fingerprint density at radius 1 is 1.09 bits per heavy atom. The molecule has 1 aliphatic rings. The van der Waals surface area contributed by atoms with E-state index in [1.54, 1.807) is 12.3 Å². The van der Waals surface area contributed by atoms with E-state index in [0.717, 1.165) is 16.8 Å². The van der Waals surface area contributed by atoms with Crippen LogP contribution in [0.25, 0.3) is 11.0 Å². The van der Waals surface area contributed by atoms with Crippen molar-refractivity contribution in [3.63, 3.8) is 0 Å². The number of hydrogen-bond acceptors (Lipinski definition) is 4. The zero-order chi connectivity index (χ0) is 16.2. The topological polar surface area (TPSA) is 98.9 Å². The zero-order valence-corrected chi connectivity index (χ0v) is 13.1. The number of pyridine rings is 1. The molecule has 0 amide bonds. The van der Waals surface area contributed by atoms with Crippen molar-refractivity contribution < 1.29 is 8.42 Å². The molecule has 8 heteroatoms. The molecule has 23 heavy (non-hydrogen) atoms. The van der Waals surface area contributed by atoms with Crippen molar-refractivity contribution in [2.45, 2.75) is 24.9 Å². The lowest BCUT2D eigenvalue weighted by atomic mass is 10.2. The number of sulfonamides is 1. The highest BCUT2D eigenvalue weighted by molar-refractivity contribution is 7.89. The molecule has 2 N–H and O–H groups in total. The molecule has 3 heterocycles. The molecular formula is C15H14N4O3S. The molecule has 0 fully saturated rings. The predicted octanol–water partition coefficient (Wildman–Crippen LogP) is 1.26. The van der Waals surface area contributed by atoms with Gasteiger partial charge in [0.1, 0.15) is 0 Å². The van der Waals surface area contributed by atoms with Gasteiger partial charge in [0.05, 0.1) is 15.9 Å². The maximum atomic E-state index is 12.8. The van der Waals surface area contributed by atoms with Gasteiger partial charge in [0, 0.05) is 25.0 Å². The Hall–Kier alpha value is -2.45. The molecule has 0 aliphatic carbocycles. The van der Waals surface area contributed by atoms with Crippen molar-refractivity contribution in [1.29, 1.82) is 0 Å². The van der Waals surface area contributed by atoms with Gasteiger partial charge in [0.15, 0.2) is 0 Å². The third-order valence-electron chi connectivity index (χ3n) is 4.04. The van der Waals surface area contributed by atoms with E-state index in [4.69, 9.17) is 0 Å². The first-order chi connectivity index (χ1) is 10.9. The second kappa shape index (κ2) is 4.77. The number of fused-ring (bicyclic) bond motifs is 2. The highest BCUT2D eigenvalue weighted by Crippen LogP contribution is 2.29. The van der Waals surface area contributed by atoms with E-state index in [2.05, 4.69) is 15.0 Å². The van der Waals surface area contributed by atoms with Crippen molar-refractivity contribution in [1.82, 2.24) is 19.3 Å². The quantitative estimate of drug-likeness (QED) is 0.739. The van der Waals surface area contributed by atoms with Crippen LogP contribution in [0.3, 0.4) is 0 Å². The first-order valence-electron chi connectivity index (χ1n) is 7.10. The van der Waals surface area contributed by atoms with Gasteiger partial charge in [-0.1, -0.05) is 0 Å². The van der Waals surface area contributed by atoms with Crippen LogP contribution in [0.2, 0.25) is 0 Å². The summed E-state index contributed by atoms with van der Waals surface area (Å²) in [6.07, 6.45) is 1.73. The lowest BCUT2D eigenvalue weighted by Gasteiger charge is -2.15. The van der Waals surface area contributed by atoms with Crippen molar-refractivity contribution >= 4 is 21.1 Å². The maximum absolute atomic E-state index is 12.8. The minimum absolute atomic E-state index is 0.165. The molecule has 0 unspecified atom stereocenters. The first-order valence-corrected chi connectivity index (χ1v) is 8.54. The molecule has 1 aromatic carbocycles. The fourth-order valence-electron chi connectivity index (χ4n) is 2.86. The number of H-pyrrole nitrogens is 2.